The second kappa shape index (κ2) is 10.2. The Balaban J connectivity index is 1.35. The summed E-state index contributed by atoms with van der Waals surface area (Å²) in [4.78, 5) is 43.0. The van der Waals surface area contributed by atoms with Crippen LogP contribution in [0, 0.1) is 0 Å². The molecular formula is C31H27N7O2. The zero-order chi connectivity index (χ0) is 27.8. The number of H-pyrrole nitrogens is 2. The fourth-order valence-corrected chi connectivity index (χ4v) is 4.70. The zero-order valence-electron chi connectivity index (χ0n) is 22.4. The number of amides is 1. The molecule has 198 valence electrons. The van der Waals surface area contributed by atoms with Gasteiger partial charge >= 0.3 is 0 Å². The molecule has 1 amide bonds. The molecule has 0 spiro atoms. The number of fused-ring (bicyclic) bond motifs is 2. The van der Waals surface area contributed by atoms with Gasteiger partial charge in [-0.05, 0) is 35.9 Å². The summed E-state index contributed by atoms with van der Waals surface area (Å²) in [6.45, 7) is 1.86. The van der Waals surface area contributed by atoms with E-state index in [4.69, 9.17) is 4.98 Å². The van der Waals surface area contributed by atoms with Gasteiger partial charge in [0.15, 0.2) is 11.5 Å². The first kappa shape index (κ1) is 25.1. The van der Waals surface area contributed by atoms with Gasteiger partial charge in [-0.2, -0.15) is 5.10 Å². The quantitative estimate of drug-likeness (QED) is 0.284. The van der Waals surface area contributed by atoms with Crippen LogP contribution in [0.1, 0.15) is 29.4 Å². The normalized spacial score (nSPS) is 11.3. The monoisotopic (exact) mass is 529 g/mol. The van der Waals surface area contributed by atoms with Gasteiger partial charge in [-0.1, -0.05) is 37.3 Å². The minimum atomic E-state index is -0.0377. The number of imidazole rings is 1. The lowest BCUT2D eigenvalue weighted by molar-refractivity contribution is -0.118. The summed E-state index contributed by atoms with van der Waals surface area (Å²) in [5.74, 6) is 0.774. The highest BCUT2D eigenvalue weighted by atomic mass is 16.2. The highest BCUT2D eigenvalue weighted by Crippen LogP contribution is 2.32. The molecule has 4 heterocycles. The van der Waals surface area contributed by atoms with Gasteiger partial charge in [0.1, 0.15) is 11.5 Å². The minimum absolute atomic E-state index is 0.0377. The molecule has 0 saturated carbocycles. The summed E-state index contributed by atoms with van der Waals surface area (Å²) in [6.07, 6.45) is 4.38. The molecule has 9 heteroatoms. The summed E-state index contributed by atoms with van der Waals surface area (Å²) in [6, 6.07) is 19.4. The number of benzene rings is 2. The van der Waals surface area contributed by atoms with Crippen molar-refractivity contribution < 1.29 is 9.59 Å². The summed E-state index contributed by atoms with van der Waals surface area (Å²) >= 11 is 0. The van der Waals surface area contributed by atoms with Crippen LogP contribution in [0.15, 0.2) is 73.1 Å². The molecule has 0 aliphatic rings. The highest BCUT2D eigenvalue weighted by Gasteiger charge is 2.17. The number of nitrogens with one attached hydrogen (secondary N) is 2. The maximum Gasteiger partial charge on any atom is 0.253 e. The van der Waals surface area contributed by atoms with Crippen molar-refractivity contribution >= 4 is 33.8 Å². The second-order valence-electron chi connectivity index (χ2n) is 9.87. The number of carbonyl (C=O) groups excluding carboxylic acids is 2. The first-order valence-corrected chi connectivity index (χ1v) is 13.0. The van der Waals surface area contributed by atoms with Crippen LogP contribution in [0.25, 0.3) is 55.8 Å². The van der Waals surface area contributed by atoms with Gasteiger partial charge in [0.2, 0.25) is 0 Å². The van der Waals surface area contributed by atoms with Crippen LogP contribution in [0.3, 0.4) is 0 Å². The maximum atomic E-state index is 12.3. The fourth-order valence-electron chi connectivity index (χ4n) is 4.70. The van der Waals surface area contributed by atoms with Crippen molar-refractivity contribution in [1.29, 1.82) is 0 Å². The molecule has 0 aliphatic heterocycles. The number of pyridine rings is 2. The van der Waals surface area contributed by atoms with Crippen LogP contribution in [0.5, 0.6) is 0 Å². The SMILES string of the molecule is CCC(=O)Cc1ccc(-c2cnc3n[nH]c(-c4nc5c(-c6ccc(C(=O)N(C)C)cc6)cccc5[nH]4)c3c2)cn1. The van der Waals surface area contributed by atoms with Crippen LogP contribution in [0.2, 0.25) is 0 Å². The standard InChI is InChI=1S/C31H27N7O2/c1-4-23(39)15-22-13-12-20(16-32-22)21-14-25-28(36-37-29(25)33-17-21)30-34-26-7-5-6-24(27(26)35-30)18-8-10-19(11-9-18)31(40)38(2)3/h5-14,16-17H,4,15H2,1-3H3,(H,34,35)(H,33,36,37). The fraction of sp³-hybridized carbons (Fsp3) is 0.161. The topological polar surface area (TPSA) is 121 Å². The van der Waals surface area contributed by atoms with Gasteiger partial charge in [0, 0.05) is 67.3 Å². The number of carbonyl (C=O) groups is 2. The number of para-hydroxylation sites is 1. The predicted molar refractivity (Wildman–Crippen MR) is 155 cm³/mol. The van der Waals surface area contributed by atoms with E-state index in [1.807, 2.05) is 67.6 Å². The number of Topliss-reactive ketones (excluding diaryl/α,β-unsaturated/α-hetero) is 1. The molecule has 0 bridgehead atoms. The number of hydrogen-bond donors (Lipinski definition) is 2. The molecule has 0 unspecified atom stereocenters. The molecule has 40 heavy (non-hydrogen) atoms. The first-order valence-electron chi connectivity index (χ1n) is 13.0. The Morgan fingerprint density at radius 3 is 2.40 bits per heavy atom. The number of ketones is 1. The van der Waals surface area contributed by atoms with E-state index in [2.05, 4.69) is 25.1 Å². The Morgan fingerprint density at radius 2 is 1.68 bits per heavy atom. The Kier molecular flexibility index (Phi) is 6.39. The van der Waals surface area contributed by atoms with Crippen molar-refractivity contribution in [3.63, 3.8) is 0 Å². The Bertz CT molecular complexity index is 1870. The molecule has 2 aromatic carbocycles. The van der Waals surface area contributed by atoms with E-state index in [-0.39, 0.29) is 11.7 Å². The van der Waals surface area contributed by atoms with Crippen LogP contribution < -0.4 is 0 Å². The molecule has 0 radical (unpaired) electrons. The zero-order valence-corrected chi connectivity index (χ0v) is 22.4. The summed E-state index contributed by atoms with van der Waals surface area (Å²) < 4.78 is 0. The minimum Gasteiger partial charge on any atom is -0.345 e. The van der Waals surface area contributed by atoms with E-state index in [9.17, 15) is 9.59 Å². The largest absolute Gasteiger partial charge is 0.345 e. The van der Waals surface area contributed by atoms with E-state index in [0.29, 0.717) is 29.9 Å². The van der Waals surface area contributed by atoms with E-state index in [1.54, 1.807) is 31.4 Å². The summed E-state index contributed by atoms with van der Waals surface area (Å²) in [5.41, 5.74) is 8.12. The number of aromatic nitrogens is 6. The van der Waals surface area contributed by atoms with Gasteiger partial charge < -0.3 is 9.88 Å². The van der Waals surface area contributed by atoms with E-state index in [0.717, 1.165) is 50.1 Å². The predicted octanol–water partition coefficient (Wildman–Crippen LogP) is 5.45. The Morgan fingerprint density at radius 1 is 0.900 bits per heavy atom. The number of aromatic amines is 2. The molecule has 9 nitrogen and oxygen atoms in total. The number of rotatable bonds is 7. The molecule has 0 fully saturated rings. The molecule has 0 saturated heterocycles. The third-order valence-corrected chi connectivity index (χ3v) is 6.94. The molecule has 0 aliphatic carbocycles. The third-order valence-electron chi connectivity index (χ3n) is 6.94. The summed E-state index contributed by atoms with van der Waals surface area (Å²) in [7, 11) is 3.48. The van der Waals surface area contributed by atoms with Gasteiger partial charge in [-0.15, -0.1) is 0 Å². The van der Waals surface area contributed by atoms with E-state index in [1.165, 1.54) is 0 Å². The molecule has 6 aromatic rings. The average molecular weight is 530 g/mol. The van der Waals surface area contributed by atoms with Gasteiger partial charge in [0.05, 0.1) is 16.4 Å². The lowest BCUT2D eigenvalue weighted by Crippen LogP contribution is -2.21. The van der Waals surface area contributed by atoms with Crippen molar-refractivity contribution in [3.05, 3.63) is 84.3 Å². The Labute approximate surface area is 230 Å². The molecule has 6 rings (SSSR count). The Hall–Kier alpha value is -5.18. The second-order valence-corrected chi connectivity index (χ2v) is 9.87. The van der Waals surface area contributed by atoms with Crippen LogP contribution in [-0.4, -0.2) is 60.8 Å². The number of hydrogen-bond acceptors (Lipinski definition) is 6. The van der Waals surface area contributed by atoms with Crippen molar-refractivity contribution in [2.75, 3.05) is 14.1 Å². The molecule has 2 N–H and O–H groups in total. The highest BCUT2D eigenvalue weighted by molar-refractivity contribution is 5.98. The third kappa shape index (κ3) is 4.62. The number of nitrogens with zero attached hydrogens (tertiary/aromatic N) is 5. The average Bonchev–Trinajstić information content (AvgIpc) is 3.61. The summed E-state index contributed by atoms with van der Waals surface area (Å²) in [5, 5.41) is 8.32. The van der Waals surface area contributed by atoms with E-state index >= 15 is 0 Å². The van der Waals surface area contributed by atoms with Crippen LogP contribution >= 0.6 is 0 Å². The maximum absolute atomic E-state index is 12.3. The van der Waals surface area contributed by atoms with E-state index < -0.39 is 0 Å². The van der Waals surface area contributed by atoms with Gasteiger partial charge in [-0.25, -0.2) is 9.97 Å². The van der Waals surface area contributed by atoms with Crippen LogP contribution in [-0.2, 0) is 11.2 Å². The lowest BCUT2D eigenvalue weighted by Gasteiger charge is -2.10. The van der Waals surface area contributed by atoms with Crippen molar-refractivity contribution in [2.45, 2.75) is 19.8 Å². The van der Waals surface area contributed by atoms with Gasteiger partial charge in [0.25, 0.3) is 5.91 Å². The first-order chi connectivity index (χ1) is 19.4. The van der Waals surface area contributed by atoms with Crippen molar-refractivity contribution in [2.24, 2.45) is 0 Å². The molecule has 4 aromatic heterocycles. The van der Waals surface area contributed by atoms with Crippen LogP contribution in [0.4, 0.5) is 0 Å². The lowest BCUT2D eigenvalue weighted by atomic mass is 10.0. The van der Waals surface area contributed by atoms with Crippen molar-refractivity contribution in [1.82, 2.24) is 35.0 Å². The molecular weight excluding hydrogens is 502 g/mol. The van der Waals surface area contributed by atoms with Crippen molar-refractivity contribution in [3.8, 4) is 33.8 Å². The molecule has 0 atom stereocenters. The smallest absolute Gasteiger partial charge is 0.253 e. The van der Waals surface area contributed by atoms with Gasteiger partial charge in [-0.3, -0.25) is 19.7 Å².